The molecule has 0 amide bonds. The molecular weight excluding hydrogens is 284 g/mol. The molecule has 0 saturated carbocycles. The van der Waals surface area contributed by atoms with Crippen LogP contribution in [0.3, 0.4) is 0 Å². The van der Waals surface area contributed by atoms with Gasteiger partial charge in [0.1, 0.15) is 24.0 Å². The summed E-state index contributed by atoms with van der Waals surface area (Å²) < 4.78 is 31.9. The van der Waals surface area contributed by atoms with E-state index in [0.29, 0.717) is 23.7 Å². The smallest absolute Gasteiger partial charge is 0.132 e. The zero-order chi connectivity index (χ0) is 14.5. The zero-order valence-corrected chi connectivity index (χ0v) is 11.5. The molecule has 2 aromatic rings. The molecule has 0 bridgehead atoms. The Kier molecular flexibility index (Phi) is 4.93. The molecule has 2 nitrogen and oxygen atoms in total. The van der Waals surface area contributed by atoms with Crippen molar-refractivity contribution in [1.82, 2.24) is 0 Å². The van der Waals surface area contributed by atoms with E-state index in [2.05, 4.69) is 0 Å². The van der Waals surface area contributed by atoms with Crippen LogP contribution in [0.2, 0.25) is 5.02 Å². The van der Waals surface area contributed by atoms with Crippen molar-refractivity contribution < 1.29 is 13.5 Å². The Labute approximate surface area is 121 Å². The van der Waals surface area contributed by atoms with Crippen molar-refractivity contribution >= 4 is 11.6 Å². The van der Waals surface area contributed by atoms with Crippen molar-refractivity contribution in [2.24, 2.45) is 5.73 Å². The molecule has 2 N–H and O–H groups in total. The average Bonchev–Trinajstić information content (AvgIpc) is 2.41. The van der Waals surface area contributed by atoms with Crippen LogP contribution < -0.4 is 10.5 Å². The van der Waals surface area contributed by atoms with Gasteiger partial charge in [-0.05, 0) is 37.2 Å². The van der Waals surface area contributed by atoms with Crippen LogP contribution in [-0.4, -0.2) is 6.54 Å². The molecule has 0 radical (unpaired) electrons. The second-order valence-electron chi connectivity index (χ2n) is 4.28. The van der Waals surface area contributed by atoms with Gasteiger partial charge in [0, 0.05) is 22.2 Å². The summed E-state index contributed by atoms with van der Waals surface area (Å²) in [7, 11) is 0. The highest BCUT2D eigenvalue weighted by Crippen LogP contribution is 2.27. The van der Waals surface area contributed by atoms with E-state index in [4.69, 9.17) is 22.1 Å². The Morgan fingerprint density at radius 1 is 1.15 bits per heavy atom. The van der Waals surface area contributed by atoms with Crippen molar-refractivity contribution in [1.29, 1.82) is 0 Å². The standard InChI is InChI=1S/C15H14ClF2NO/c16-13-2-1-3-15(12(13)6-7-19)20-9-10-4-5-11(17)8-14(10)18/h1-5,8H,6-7,9,19H2. The topological polar surface area (TPSA) is 35.2 Å². The molecule has 0 aliphatic carbocycles. The molecule has 0 fully saturated rings. The number of halogens is 3. The lowest BCUT2D eigenvalue weighted by molar-refractivity contribution is 0.296. The minimum absolute atomic E-state index is 0.00400. The summed E-state index contributed by atoms with van der Waals surface area (Å²) in [5, 5.41) is 0.563. The van der Waals surface area contributed by atoms with Crippen molar-refractivity contribution in [2.75, 3.05) is 6.54 Å². The Bertz CT molecular complexity index is 604. The maximum atomic E-state index is 13.5. The van der Waals surface area contributed by atoms with Crippen LogP contribution in [-0.2, 0) is 13.0 Å². The number of ether oxygens (including phenoxy) is 1. The lowest BCUT2D eigenvalue weighted by atomic mass is 10.1. The van der Waals surface area contributed by atoms with Gasteiger partial charge in [-0.3, -0.25) is 0 Å². The first-order valence-electron chi connectivity index (χ1n) is 6.16. The quantitative estimate of drug-likeness (QED) is 0.913. The summed E-state index contributed by atoms with van der Waals surface area (Å²) in [5.41, 5.74) is 6.60. The maximum Gasteiger partial charge on any atom is 0.132 e. The number of hydrogen-bond acceptors (Lipinski definition) is 2. The van der Waals surface area contributed by atoms with Gasteiger partial charge in [0.15, 0.2) is 0 Å². The van der Waals surface area contributed by atoms with Crippen LogP contribution in [0.4, 0.5) is 8.78 Å². The first-order chi connectivity index (χ1) is 9.61. The Balaban J connectivity index is 2.16. The van der Waals surface area contributed by atoms with Gasteiger partial charge in [-0.15, -0.1) is 0 Å². The SMILES string of the molecule is NCCc1c(Cl)cccc1OCc1ccc(F)cc1F. The summed E-state index contributed by atoms with van der Waals surface area (Å²) in [4.78, 5) is 0. The largest absolute Gasteiger partial charge is 0.488 e. The van der Waals surface area contributed by atoms with E-state index in [1.165, 1.54) is 12.1 Å². The molecule has 2 aromatic carbocycles. The third-order valence-corrected chi connectivity index (χ3v) is 3.22. The van der Waals surface area contributed by atoms with Crippen LogP contribution in [0, 0.1) is 11.6 Å². The molecule has 5 heteroatoms. The molecule has 2 rings (SSSR count). The van der Waals surface area contributed by atoms with Gasteiger partial charge in [-0.2, -0.15) is 0 Å². The summed E-state index contributed by atoms with van der Waals surface area (Å²) in [6, 6.07) is 8.63. The lowest BCUT2D eigenvalue weighted by Crippen LogP contribution is -2.06. The number of benzene rings is 2. The molecule has 0 atom stereocenters. The van der Waals surface area contributed by atoms with Crippen LogP contribution >= 0.6 is 11.6 Å². The van der Waals surface area contributed by atoms with Gasteiger partial charge in [0.25, 0.3) is 0 Å². The molecule has 0 unspecified atom stereocenters. The van der Waals surface area contributed by atoms with E-state index >= 15 is 0 Å². The highest BCUT2D eigenvalue weighted by atomic mass is 35.5. The Hall–Kier alpha value is -1.65. The second-order valence-corrected chi connectivity index (χ2v) is 4.69. The molecule has 0 heterocycles. The number of hydrogen-bond donors (Lipinski definition) is 1. The summed E-state index contributed by atoms with van der Waals surface area (Å²) in [6.45, 7) is 0.440. The highest BCUT2D eigenvalue weighted by Gasteiger charge is 2.09. The number of rotatable bonds is 5. The van der Waals surface area contributed by atoms with Crippen LogP contribution in [0.1, 0.15) is 11.1 Å². The lowest BCUT2D eigenvalue weighted by Gasteiger charge is -2.13. The monoisotopic (exact) mass is 297 g/mol. The predicted octanol–water partition coefficient (Wildman–Crippen LogP) is 3.70. The minimum Gasteiger partial charge on any atom is -0.488 e. The van der Waals surface area contributed by atoms with Crippen LogP contribution in [0.5, 0.6) is 5.75 Å². The molecular formula is C15H14ClF2NO. The molecule has 0 aromatic heterocycles. The summed E-state index contributed by atoms with van der Waals surface area (Å²) in [5.74, 6) is -0.683. The minimum atomic E-state index is -0.632. The van der Waals surface area contributed by atoms with Gasteiger partial charge >= 0.3 is 0 Å². The Morgan fingerprint density at radius 2 is 1.95 bits per heavy atom. The fourth-order valence-electron chi connectivity index (χ4n) is 1.86. The molecule has 0 spiro atoms. The highest BCUT2D eigenvalue weighted by molar-refractivity contribution is 6.31. The first-order valence-corrected chi connectivity index (χ1v) is 6.54. The summed E-state index contributed by atoms with van der Waals surface area (Å²) in [6.07, 6.45) is 0.570. The molecule has 0 saturated heterocycles. The maximum absolute atomic E-state index is 13.5. The van der Waals surface area contributed by atoms with E-state index in [1.54, 1.807) is 18.2 Å². The van der Waals surface area contributed by atoms with E-state index < -0.39 is 11.6 Å². The third kappa shape index (κ3) is 3.46. The first kappa shape index (κ1) is 14.8. The van der Waals surface area contributed by atoms with Gasteiger partial charge in [0.2, 0.25) is 0 Å². The van der Waals surface area contributed by atoms with E-state index in [9.17, 15) is 8.78 Å². The molecule has 0 aliphatic rings. The Morgan fingerprint density at radius 3 is 2.65 bits per heavy atom. The van der Waals surface area contributed by atoms with E-state index in [-0.39, 0.29) is 12.2 Å². The molecule has 106 valence electrons. The average molecular weight is 298 g/mol. The second kappa shape index (κ2) is 6.68. The van der Waals surface area contributed by atoms with Gasteiger partial charge < -0.3 is 10.5 Å². The third-order valence-electron chi connectivity index (χ3n) is 2.87. The summed E-state index contributed by atoms with van der Waals surface area (Å²) >= 11 is 6.08. The predicted molar refractivity (Wildman–Crippen MR) is 74.9 cm³/mol. The normalized spacial score (nSPS) is 10.6. The van der Waals surface area contributed by atoms with Gasteiger partial charge in [0.05, 0.1) is 0 Å². The molecule has 20 heavy (non-hydrogen) atoms. The van der Waals surface area contributed by atoms with Crippen molar-refractivity contribution in [2.45, 2.75) is 13.0 Å². The van der Waals surface area contributed by atoms with Crippen molar-refractivity contribution in [3.8, 4) is 5.75 Å². The number of nitrogens with two attached hydrogens (primary N) is 1. The van der Waals surface area contributed by atoms with Crippen LogP contribution in [0.25, 0.3) is 0 Å². The van der Waals surface area contributed by atoms with E-state index in [0.717, 1.165) is 11.6 Å². The van der Waals surface area contributed by atoms with Crippen molar-refractivity contribution in [3.05, 3.63) is 64.2 Å². The van der Waals surface area contributed by atoms with Crippen molar-refractivity contribution in [3.63, 3.8) is 0 Å². The van der Waals surface area contributed by atoms with Gasteiger partial charge in [-0.1, -0.05) is 17.7 Å². The van der Waals surface area contributed by atoms with Crippen LogP contribution in [0.15, 0.2) is 36.4 Å². The fourth-order valence-corrected chi connectivity index (χ4v) is 2.12. The van der Waals surface area contributed by atoms with E-state index in [1.807, 2.05) is 0 Å². The zero-order valence-electron chi connectivity index (χ0n) is 10.7. The fraction of sp³-hybridized carbons (Fsp3) is 0.200. The van der Waals surface area contributed by atoms with Gasteiger partial charge in [-0.25, -0.2) is 8.78 Å². The molecule has 0 aliphatic heterocycles.